The molecule has 0 unspecified atom stereocenters. The smallest absolute Gasteiger partial charge is 0.0431 e. The number of hydrogen-bond acceptors (Lipinski definition) is 2. The first-order valence-electron chi connectivity index (χ1n) is 7.65. The Morgan fingerprint density at radius 1 is 0.857 bits per heavy atom. The molecule has 0 aromatic heterocycles. The zero-order valence-corrected chi connectivity index (χ0v) is 14.9. The van der Waals surface area contributed by atoms with Crippen LogP contribution >= 0.6 is 30.1 Å². The molecule has 4 rings (SSSR count). The van der Waals surface area contributed by atoms with Crippen LogP contribution in [-0.2, 0) is 12.8 Å². The fourth-order valence-corrected chi connectivity index (χ4v) is 4.79. The lowest BCUT2D eigenvalue weighted by Crippen LogP contribution is -2.34. The molecule has 3 heteroatoms. The van der Waals surface area contributed by atoms with Gasteiger partial charge in [0.2, 0.25) is 0 Å². The van der Waals surface area contributed by atoms with Crippen LogP contribution in [0.3, 0.4) is 0 Å². The fourth-order valence-electron chi connectivity index (χ4n) is 3.67. The molecule has 0 saturated carbocycles. The molecule has 2 aliphatic rings. The first-order valence-corrected chi connectivity index (χ1v) is 11.0. The average molecular weight is 407 g/mol. The van der Waals surface area contributed by atoms with Gasteiger partial charge in [-0.3, -0.25) is 0 Å². The van der Waals surface area contributed by atoms with E-state index < -0.39 is 0 Å². The van der Waals surface area contributed by atoms with Gasteiger partial charge in [0.25, 0.3) is 0 Å². The Kier molecular flexibility index (Phi) is 3.88. The number of hydrogen-bond donors (Lipinski definition) is 0. The minimum Gasteiger partial charge on any atom is -0.371 e. The highest BCUT2D eigenvalue weighted by Crippen LogP contribution is 2.38. The third kappa shape index (κ3) is 2.59. The molecule has 0 atom stereocenters. The van der Waals surface area contributed by atoms with E-state index in [9.17, 15) is 0 Å². The third-order valence-electron chi connectivity index (χ3n) is 4.61. The van der Waals surface area contributed by atoms with Crippen LogP contribution in [0.5, 0.6) is 0 Å². The van der Waals surface area contributed by atoms with Gasteiger partial charge in [0, 0.05) is 44.9 Å². The molecular weight excluding hydrogens is 389 g/mol. The second-order valence-corrected chi connectivity index (χ2v) is 7.89. The summed E-state index contributed by atoms with van der Waals surface area (Å²) in [5.74, 6) is 0. The molecule has 0 saturated heterocycles. The molecule has 1 nitrogen and oxygen atoms in total. The van der Waals surface area contributed by atoms with Gasteiger partial charge in [0.05, 0.1) is 0 Å². The highest BCUT2D eigenvalue weighted by Gasteiger charge is 2.24. The van der Waals surface area contributed by atoms with Crippen molar-refractivity contribution >= 4 is 35.8 Å². The van der Waals surface area contributed by atoms with Crippen molar-refractivity contribution in [1.82, 2.24) is 0 Å². The van der Waals surface area contributed by atoms with Crippen LogP contribution < -0.4 is 4.90 Å². The lowest BCUT2D eigenvalue weighted by molar-refractivity contribution is 0.634. The Balaban J connectivity index is 1.79. The van der Waals surface area contributed by atoms with Crippen molar-refractivity contribution in [3.05, 3.63) is 47.5 Å². The maximum atomic E-state index is 2.61. The average Bonchev–Trinajstić information content (AvgIpc) is 2.55. The number of nitrogens with zero attached hydrogens (tertiary/aromatic N) is 1. The van der Waals surface area contributed by atoms with Crippen LogP contribution in [0.2, 0.25) is 0 Å². The maximum Gasteiger partial charge on any atom is 0.0431 e. The minimum atomic E-state index is 1.24. The van der Waals surface area contributed by atoms with E-state index in [1.54, 1.807) is 25.7 Å². The van der Waals surface area contributed by atoms with Gasteiger partial charge in [0.15, 0.2) is 0 Å². The summed E-state index contributed by atoms with van der Waals surface area (Å²) in [5, 5.41) is 0. The van der Waals surface area contributed by atoms with Crippen LogP contribution in [0.15, 0.2) is 41.3 Å². The van der Waals surface area contributed by atoms with Crippen LogP contribution in [-0.4, -0.2) is 13.1 Å². The molecule has 0 aliphatic carbocycles. The highest BCUT2D eigenvalue weighted by molar-refractivity contribution is 14.2. The van der Waals surface area contributed by atoms with E-state index in [2.05, 4.69) is 62.5 Å². The fraction of sp³-hybridized carbons (Fsp3) is 0.333. The quantitative estimate of drug-likeness (QED) is 0.606. The number of benzene rings is 2. The van der Waals surface area contributed by atoms with Crippen molar-refractivity contribution in [3.8, 4) is 11.1 Å². The van der Waals surface area contributed by atoms with Crippen molar-refractivity contribution < 1.29 is 0 Å². The van der Waals surface area contributed by atoms with Crippen molar-refractivity contribution in [1.29, 1.82) is 0 Å². The van der Waals surface area contributed by atoms with Crippen LogP contribution in [0.4, 0.5) is 5.69 Å². The van der Waals surface area contributed by atoms with Gasteiger partial charge in [-0.2, -0.15) is 0 Å². The molecule has 0 fully saturated rings. The number of rotatable bonds is 2. The summed E-state index contributed by atoms with van der Waals surface area (Å²) < 4.78 is 0. The lowest BCUT2D eigenvalue weighted by atomic mass is 9.88. The molecule has 108 valence electrons. The van der Waals surface area contributed by atoms with Gasteiger partial charge in [-0.15, -0.1) is 0 Å². The largest absolute Gasteiger partial charge is 0.371 e. The number of aryl methyl sites for hydroxylation is 2. The van der Waals surface area contributed by atoms with Crippen molar-refractivity contribution in [2.75, 3.05) is 18.0 Å². The van der Waals surface area contributed by atoms with Crippen molar-refractivity contribution in [3.63, 3.8) is 0 Å². The van der Waals surface area contributed by atoms with Crippen LogP contribution in [0.1, 0.15) is 24.0 Å². The standard InChI is InChI=1S/C18H18INS/c19-21-17-7-5-13(6-8-17)16-11-14-3-1-9-20-10-2-4-15(12-16)18(14)20/h5-8,11-12H,1-4,9-10H2. The van der Waals surface area contributed by atoms with Crippen molar-refractivity contribution in [2.45, 2.75) is 30.6 Å². The molecule has 2 aliphatic heterocycles. The molecule has 2 aromatic rings. The Morgan fingerprint density at radius 2 is 1.48 bits per heavy atom. The van der Waals surface area contributed by atoms with Gasteiger partial charge in [-0.1, -0.05) is 21.1 Å². The number of halogens is 1. The second-order valence-electron chi connectivity index (χ2n) is 5.94. The molecule has 2 aromatic carbocycles. The second kappa shape index (κ2) is 5.84. The third-order valence-corrected chi connectivity index (χ3v) is 6.58. The summed E-state index contributed by atoms with van der Waals surface area (Å²) in [5.41, 5.74) is 7.46. The zero-order chi connectivity index (χ0) is 14.2. The van der Waals surface area contributed by atoms with Gasteiger partial charge in [-0.05, 0) is 72.2 Å². The molecule has 2 heterocycles. The SMILES string of the molecule is ISc1ccc(-c2cc3c4c(c2)CCCN4CCC3)cc1. The molecule has 0 amide bonds. The van der Waals surface area contributed by atoms with Gasteiger partial charge in [-0.25, -0.2) is 0 Å². The molecule has 0 spiro atoms. The van der Waals surface area contributed by atoms with E-state index >= 15 is 0 Å². The first-order chi connectivity index (χ1) is 10.3. The normalized spacial score (nSPS) is 16.7. The monoisotopic (exact) mass is 407 g/mol. The molecule has 0 radical (unpaired) electrons. The van der Waals surface area contributed by atoms with Crippen LogP contribution in [0.25, 0.3) is 11.1 Å². The van der Waals surface area contributed by atoms with Gasteiger partial charge in [0.1, 0.15) is 0 Å². The summed E-state index contributed by atoms with van der Waals surface area (Å²) in [4.78, 5) is 3.93. The van der Waals surface area contributed by atoms with Gasteiger partial charge >= 0.3 is 0 Å². The minimum absolute atomic E-state index is 1.24. The summed E-state index contributed by atoms with van der Waals surface area (Å²) >= 11 is 2.34. The maximum absolute atomic E-state index is 2.61. The van der Waals surface area contributed by atoms with E-state index in [1.807, 2.05) is 0 Å². The van der Waals surface area contributed by atoms with E-state index in [0.717, 1.165) is 0 Å². The summed E-state index contributed by atoms with van der Waals surface area (Å²) in [7, 11) is 1.78. The predicted molar refractivity (Wildman–Crippen MR) is 101 cm³/mol. The topological polar surface area (TPSA) is 3.24 Å². The van der Waals surface area contributed by atoms with Crippen LogP contribution in [0, 0.1) is 0 Å². The molecule has 21 heavy (non-hydrogen) atoms. The highest BCUT2D eigenvalue weighted by atomic mass is 127. The Labute approximate surface area is 142 Å². The van der Waals surface area contributed by atoms with E-state index in [0.29, 0.717) is 0 Å². The van der Waals surface area contributed by atoms with Crippen molar-refractivity contribution in [2.24, 2.45) is 0 Å². The van der Waals surface area contributed by atoms with E-state index in [1.165, 1.54) is 54.8 Å². The predicted octanol–water partition coefficient (Wildman–Crippen LogP) is 5.49. The Hall–Kier alpha value is -0.680. The number of anilines is 1. The van der Waals surface area contributed by atoms with Gasteiger partial charge < -0.3 is 4.90 Å². The molecule has 0 bridgehead atoms. The first kappa shape index (κ1) is 13.9. The lowest BCUT2D eigenvalue weighted by Gasteiger charge is -2.37. The molecule has 0 N–H and O–H groups in total. The Morgan fingerprint density at radius 3 is 2.05 bits per heavy atom. The summed E-state index contributed by atoms with van der Waals surface area (Å²) in [6.45, 7) is 2.50. The summed E-state index contributed by atoms with van der Waals surface area (Å²) in [6, 6.07) is 13.8. The Bertz CT molecular complexity index is 634. The molecular formula is C18H18INS. The summed E-state index contributed by atoms with van der Waals surface area (Å²) in [6.07, 6.45) is 5.10. The van der Waals surface area contributed by atoms with E-state index in [-0.39, 0.29) is 0 Å². The van der Waals surface area contributed by atoms with E-state index in [4.69, 9.17) is 0 Å². The zero-order valence-electron chi connectivity index (χ0n) is 11.9.